The third kappa shape index (κ3) is 5.69. The van der Waals surface area contributed by atoms with E-state index in [1.54, 1.807) is 26.2 Å². The monoisotopic (exact) mass is 382 g/mol. The molecule has 1 heterocycles. The van der Waals surface area contributed by atoms with Crippen molar-refractivity contribution in [1.82, 2.24) is 9.62 Å². The first-order valence-electron chi connectivity index (χ1n) is 9.60. The molecule has 0 radical (unpaired) electrons. The molecule has 0 amide bonds. The molecule has 1 aliphatic rings. The number of ether oxygens (including phenoxy) is 1. The van der Waals surface area contributed by atoms with Crippen molar-refractivity contribution in [1.29, 1.82) is 0 Å². The molecule has 0 unspecified atom stereocenters. The highest BCUT2D eigenvalue weighted by Crippen LogP contribution is 2.25. The molecule has 0 bridgehead atoms. The van der Waals surface area contributed by atoms with Crippen LogP contribution in [0.1, 0.15) is 44.2 Å². The molecule has 1 fully saturated rings. The molecule has 1 N–H and O–H groups in total. The van der Waals surface area contributed by atoms with Crippen LogP contribution in [0.25, 0.3) is 0 Å². The second kappa shape index (κ2) is 9.20. The van der Waals surface area contributed by atoms with E-state index in [-0.39, 0.29) is 0 Å². The van der Waals surface area contributed by atoms with Gasteiger partial charge in [0.15, 0.2) is 0 Å². The van der Waals surface area contributed by atoms with Crippen LogP contribution < -0.4 is 9.46 Å². The summed E-state index contributed by atoms with van der Waals surface area (Å²) in [5.41, 5.74) is 1.53. The van der Waals surface area contributed by atoms with Gasteiger partial charge < -0.3 is 9.64 Å². The van der Waals surface area contributed by atoms with E-state index in [0.717, 1.165) is 36.8 Å². The van der Waals surface area contributed by atoms with E-state index in [1.165, 1.54) is 19.5 Å². The number of methoxy groups -OCH3 is 1. The molecule has 26 heavy (non-hydrogen) atoms. The maximum Gasteiger partial charge on any atom is 0.240 e. The number of hydrogen-bond donors (Lipinski definition) is 1. The van der Waals surface area contributed by atoms with Crippen LogP contribution in [-0.2, 0) is 10.0 Å². The Balaban J connectivity index is 1.82. The molecule has 6 heteroatoms. The molecule has 2 atom stereocenters. The maximum absolute atomic E-state index is 12.6. The van der Waals surface area contributed by atoms with E-state index in [9.17, 15) is 8.42 Å². The number of piperidine rings is 1. The molecular formula is C20H34N2O3S. The number of nitrogens with one attached hydrogen (secondary N) is 1. The van der Waals surface area contributed by atoms with Crippen LogP contribution in [0.5, 0.6) is 5.75 Å². The zero-order chi connectivity index (χ0) is 19.3. The van der Waals surface area contributed by atoms with Gasteiger partial charge in [0.25, 0.3) is 0 Å². The molecule has 1 aliphatic heterocycles. The van der Waals surface area contributed by atoms with E-state index in [0.29, 0.717) is 22.8 Å². The number of unbranched alkanes of at least 4 members (excludes halogenated alkanes) is 1. The number of sulfonamides is 1. The largest absolute Gasteiger partial charge is 0.496 e. The van der Waals surface area contributed by atoms with Crippen LogP contribution in [-0.4, -0.2) is 46.6 Å². The third-order valence-corrected chi connectivity index (χ3v) is 6.72. The van der Waals surface area contributed by atoms with Gasteiger partial charge in [-0.15, -0.1) is 0 Å². The summed E-state index contributed by atoms with van der Waals surface area (Å²) in [5.74, 6) is 2.24. The van der Waals surface area contributed by atoms with Crippen molar-refractivity contribution in [2.45, 2.75) is 51.9 Å². The average molecular weight is 383 g/mol. The Bertz CT molecular complexity index is 693. The SMILES string of the molecule is COc1cc(C)c(S(=O)(=O)NCCCCN2C[C@@H](C)C[C@H](C)C2)cc1C. The minimum absolute atomic E-state index is 0.342. The van der Waals surface area contributed by atoms with Gasteiger partial charge in [-0.3, -0.25) is 0 Å². The van der Waals surface area contributed by atoms with Crippen molar-refractivity contribution in [2.75, 3.05) is 33.3 Å². The lowest BCUT2D eigenvalue weighted by molar-refractivity contribution is 0.139. The van der Waals surface area contributed by atoms with Crippen LogP contribution >= 0.6 is 0 Å². The number of nitrogens with zero attached hydrogens (tertiary/aromatic N) is 1. The summed E-state index contributed by atoms with van der Waals surface area (Å²) in [6, 6.07) is 3.47. The second-order valence-corrected chi connectivity index (χ2v) is 9.63. The molecule has 1 aromatic rings. The van der Waals surface area contributed by atoms with Gasteiger partial charge in [0.2, 0.25) is 10.0 Å². The van der Waals surface area contributed by atoms with Crippen LogP contribution in [0, 0.1) is 25.7 Å². The lowest BCUT2D eigenvalue weighted by atomic mass is 9.92. The highest BCUT2D eigenvalue weighted by molar-refractivity contribution is 7.89. The van der Waals surface area contributed by atoms with Crippen molar-refractivity contribution >= 4 is 10.0 Å². The molecule has 1 aromatic carbocycles. The summed E-state index contributed by atoms with van der Waals surface area (Å²) in [5, 5.41) is 0. The van der Waals surface area contributed by atoms with Crippen molar-refractivity contribution < 1.29 is 13.2 Å². The van der Waals surface area contributed by atoms with Crippen LogP contribution in [0.4, 0.5) is 0 Å². The number of aryl methyl sites for hydroxylation is 2. The smallest absolute Gasteiger partial charge is 0.240 e. The standard InChI is InChI=1S/C20H34N2O3S/c1-15-10-16(2)14-22(13-15)9-7-6-8-21-26(23,24)20-12-17(3)19(25-5)11-18(20)4/h11-12,15-16,21H,6-10,13-14H2,1-5H3/t15-,16-/m0/s1. The minimum atomic E-state index is -3.48. The fourth-order valence-electron chi connectivity index (χ4n) is 3.99. The van der Waals surface area contributed by atoms with Gasteiger partial charge in [0.05, 0.1) is 12.0 Å². The molecule has 1 saturated heterocycles. The highest BCUT2D eigenvalue weighted by atomic mass is 32.2. The number of likely N-dealkylation sites (tertiary alicyclic amines) is 1. The Morgan fingerprint density at radius 1 is 1.12 bits per heavy atom. The van der Waals surface area contributed by atoms with E-state index >= 15 is 0 Å². The summed E-state index contributed by atoms with van der Waals surface area (Å²) in [6.45, 7) is 12.2. The van der Waals surface area contributed by atoms with Gasteiger partial charge >= 0.3 is 0 Å². The van der Waals surface area contributed by atoms with Gasteiger partial charge in [-0.05, 0) is 74.8 Å². The van der Waals surface area contributed by atoms with Gasteiger partial charge in [-0.2, -0.15) is 0 Å². The molecule has 148 valence electrons. The predicted octanol–water partition coefficient (Wildman–Crippen LogP) is 3.35. The Kier molecular flexibility index (Phi) is 7.50. The molecule has 2 rings (SSSR count). The lowest BCUT2D eigenvalue weighted by Crippen LogP contribution is -2.39. The summed E-state index contributed by atoms with van der Waals surface area (Å²) in [4.78, 5) is 2.86. The fourth-order valence-corrected chi connectivity index (χ4v) is 5.38. The number of hydrogen-bond acceptors (Lipinski definition) is 4. The Morgan fingerprint density at radius 3 is 2.38 bits per heavy atom. The molecule has 0 spiro atoms. The maximum atomic E-state index is 12.6. The second-order valence-electron chi connectivity index (χ2n) is 7.90. The zero-order valence-electron chi connectivity index (χ0n) is 16.8. The predicted molar refractivity (Wildman–Crippen MR) is 106 cm³/mol. The topological polar surface area (TPSA) is 58.6 Å². The van der Waals surface area contributed by atoms with Gasteiger partial charge in [0.1, 0.15) is 5.75 Å². The highest BCUT2D eigenvalue weighted by Gasteiger charge is 2.21. The number of benzene rings is 1. The van der Waals surface area contributed by atoms with Crippen molar-refractivity contribution in [2.24, 2.45) is 11.8 Å². The first kappa shape index (κ1) is 21.2. The Morgan fingerprint density at radius 2 is 1.77 bits per heavy atom. The molecule has 0 aromatic heterocycles. The Labute approximate surface area is 159 Å². The first-order chi connectivity index (χ1) is 12.2. The zero-order valence-corrected chi connectivity index (χ0v) is 17.7. The summed E-state index contributed by atoms with van der Waals surface area (Å²) in [7, 11) is -1.89. The molecule has 0 saturated carbocycles. The van der Waals surface area contributed by atoms with Gasteiger partial charge in [-0.25, -0.2) is 13.1 Å². The fraction of sp³-hybridized carbons (Fsp3) is 0.700. The van der Waals surface area contributed by atoms with Crippen molar-refractivity contribution in [3.63, 3.8) is 0 Å². The normalized spacial score (nSPS) is 21.7. The average Bonchev–Trinajstić information content (AvgIpc) is 2.55. The Hall–Kier alpha value is -1.11. The summed E-state index contributed by atoms with van der Waals surface area (Å²) < 4.78 is 33.2. The molecule has 5 nitrogen and oxygen atoms in total. The minimum Gasteiger partial charge on any atom is -0.496 e. The van der Waals surface area contributed by atoms with E-state index in [4.69, 9.17) is 4.74 Å². The summed E-state index contributed by atoms with van der Waals surface area (Å²) in [6.07, 6.45) is 3.19. The van der Waals surface area contributed by atoms with Crippen LogP contribution in [0.2, 0.25) is 0 Å². The lowest BCUT2D eigenvalue weighted by Gasteiger charge is -2.34. The van der Waals surface area contributed by atoms with Gasteiger partial charge in [0, 0.05) is 19.6 Å². The van der Waals surface area contributed by atoms with E-state index < -0.39 is 10.0 Å². The molecule has 0 aliphatic carbocycles. The van der Waals surface area contributed by atoms with E-state index in [2.05, 4.69) is 23.5 Å². The first-order valence-corrected chi connectivity index (χ1v) is 11.1. The van der Waals surface area contributed by atoms with Gasteiger partial charge in [-0.1, -0.05) is 13.8 Å². The quantitative estimate of drug-likeness (QED) is 0.701. The molecular weight excluding hydrogens is 348 g/mol. The third-order valence-electron chi connectivity index (χ3n) is 5.12. The van der Waals surface area contributed by atoms with Crippen molar-refractivity contribution in [3.05, 3.63) is 23.3 Å². The number of rotatable bonds is 8. The van der Waals surface area contributed by atoms with Crippen LogP contribution in [0.3, 0.4) is 0 Å². The van der Waals surface area contributed by atoms with Crippen molar-refractivity contribution in [3.8, 4) is 5.75 Å². The summed E-state index contributed by atoms with van der Waals surface area (Å²) >= 11 is 0. The van der Waals surface area contributed by atoms with Crippen LogP contribution in [0.15, 0.2) is 17.0 Å². The van der Waals surface area contributed by atoms with E-state index in [1.807, 2.05) is 6.92 Å².